The first kappa shape index (κ1) is 14.7. The molecule has 22 heavy (non-hydrogen) atoms. The molecular weight excluding hydrogens is 308 g/mol. The number of nitrogens with one attached hydrogen (secondary N) is 1. The predicted octanol–water partition coefficient (Wildman–Crippen LogP) is 3.22. The summed E-state index contributed by atoms with van der Waals surface area (Å²) in [7, 11) is 0. The summed E-state index contributed by atoms with van der Waals surface area (Å²) in [5.74, 6) is 0.109. The van der Waals surface area contributed by atoms with Crippen LogP contribution in [0.3, 0.4) is 0 Å². The monoisotopic (exact) mass is 322 g/mol. The topological polar surface area (TPSA) is 82.6 Å². The van der Waals surface area contributed by atoms with E-state index < -0.39 is 12.1 Å². The Kier molecular flexibility index (Phi) is 3.48. The minimum atomic E-state index is -1.05. The second-order valence-corrected chi connectivity index (χ2v) is 5.68. The molecule has 0 aliphatic carbocycles. The van der Waals surface area contributed by atoms with E-state index in [9.17, 15) is 14.7 Å². The minimum absolute atomic E-state index is 0.0869. The summed E-state index contributed by atoms with van der Waals surface area (Å²) < 4.78 is 5.24. The standard InChI is InChI=1S/C15H15ClN2O4/c1-7-5-17-14-11(22-8(2)19)3-10-13(12(7)14)9(4-16)6-18(10)15(20)21/h3,5,9,17H,4,6H2,1-2H3,(H,20,21)/t9-/m1/s1. The number of aromatic amines is 1. The van der Waals surface area contributed by atoms with Gasteiger partial charge in [0.1, 0.15) is 0 Å². The Morgan fingerprint density at radius 3 is 2.86 bits per heavy atom. The molecule has 2 aromatic rings. The van der Waals surface area contributed by atoms with E-state index in [0.717, 1.165) is 16.5 Å². The Balaban J connectivity index is 2.32. The van der Waals surface area contributed by atoms with Crippen LogP contribution in [0.25, 0.3) is 10.9 Å². The fourth-order valence-corrected chi connectivity index (χ4v) is 3.31. The van der Waals surface area contributed by atoms with Gasteiger partial charge in [0.05, 0.1) is 11.2 Å². The van der Waals surface area contributed by atoms with Crippen molar-refractivity contribution in [3.63, 3.8) is 0 Å². The molecule has 1 aromatic carbocycles. The van der Waals surface area contributed by atoms with Gasteiger partial charge in [-0.25, -0.2) is 4.79 Å². The smallest absolute Gasteiger partial charge is 0.411 e. The number of aryl methyl sites for hydroxylation is 1. The van der Waals surface area contributed by atoms with Crippen molar-refractivity contribution in [1.82, 2.24) is 4.98 Å². The van der Waals surface area contributed by atoms with E-state index in [1.165, 1.54) is 11.8 Å². The van der Waals surface area contributed by atoms with E-state index in [1.807, 2.05) is 13.1 Å². The van der Waals surface area contributed by atoms with Crippen LogP contribution in [-0.2, 0) is 4.79 Å². The number of carboxylic acid groups (broad SMARTS) is 1. The van der Waals surface area contributed by atoms with Crippen LogP contribution in [0.2, 0.25) is 0 Å². The maximum absolute atomic E-state index is 11.5. The van der Waals surface area contributed by atoms with E-state index in [4.69, 9.17) is 16.3 Å². The maximum atomic E-state index is 11.5. The molecule has 0 saturated heterocycles. The van der Waals surface area contributed by atoms with Crippen molar-refractivity contribution in [3.05, 3.63) is 23.4 Å². The van der Waals surface area contributed by atoms with Crippen LogP contribution in [0.4, 0.5) is 10.5 Å². The number of rotatable bonds is 2. The number of amides is 1. The minimum Gasteiger partial charge on any atom is -0.465 e. The third-order valence-electron chi connectivity index (χ3n) is 3.91. The van der Waals surface area contributed by atoms with Crippen molar-refractivity contribution in [2.24, 2.45) is 0 Å². The van der Waals surface area contributed by atoms with Crippen molar-refractivity contribution in [1.29, 1.82) is 0 Å². The number of nitrogens with zero attached hydrogens (tertiary/aromatic N) is 1. The van der Waals surface area contributed by atoms with Crippen molar-refractivity contribution in [3.8, 4) is 5.75 Å². The van der Waals surface area contributed by atoms with Gasteiger partial charge in [0.2, 0.25) is 0 Å². The first-order valence-corrected chi connectivity index (χ1v) is 7.37. The Bertz CT molecular complexity index is 783. The number of aromatic nitrogens is 1. The number of benzene rings is 1. The molecule has 7 heteroatoms. The molecule has 0 saturated carbocycles. The Morgan fingerprint density at radius 2 is 2.27 bits per heavy atom. The normalized spacial score (nSPS) is 16.9. The van der Waals surface area contributed by atoms with Gasteiger partial charge in [-0.05, 0) is 18.1 Å². The van der Waals surface area contributed by atoms with Gasteiger partial charge in [0.25, 0.3) is 0 Å². The number of halogens is 1. The van der Waals surface area contributed by atoms with Crippen LogP contribution < -0.4 is 9.64 Å². The molecule has 0 spiro atoms. The SMILES string of the molecule is CC(=O)Oc1cc2c(c3c(C)c[nH]c13)[C@H](CCl)CN2C(=O)O. The average molecular weight is 323 g/mol. The van der Waals surface area contributed by atoms with Crippen LogP contribution in [0.5, 0.6) is 5.75 Å². The van der Waals surface area contributed by atoms with Gasteiger partial charge < -0.3 is 14.8 Å². The molecule has 1 atom stereocenters. The number of ether oxygens (including phenoxy) is 1. The fourth-order valence-electron chi connectivity index (χ4n) is 3.05. The molecule has 0 bridgehead atoms. The number of hydrogen-bond donors (Lipinski definition) is 2. The Hall–Kier alpha value is -2.21. The second kappa shape index (κ2) is 5.21. The van der Waals surface area contributed by atoms with Crippen LogP contribution in [0.15, 0.2) is 12.3 Å². The summed E-state index contributed by atoms with van der Waals surface area (Å²) in [6, 6.07) is 1.59. The molecule has 1 aliphatic rings. The van der Waals surface area contributed by atoms with Crippen molar-refractivity contribution < 1.29 is 19.4 Å². The zero-order valence-electron chi connectivity index (χ0n) is 12.1. The Morgan fingerprint density at radius 1 is 1.55 bits per heavy atom. The number of anilines is 1. The first-order chi connectivity index (χ1) is 10.4. The third-order valence-corrected chi connectivity index (χ3v) is 4.28. The van der Waals surface area contributed by atoms with Gasteiger partial charge >= 0.3 is 12.1 Å². The van der Waals surface area contributed by atoms with Crippen LogP contribution >= 0.6 is 11.6 Å². The molecule has 0 unspecified atom stereocenters. The van der Waals surface area contributed by atoms with Gasteiger partial charge in [0, 0.05) is 42.9 Å². The third kappa shape index (κ3) is 2.11. The van der Waals surface area contributed by atoms with E-state index in [-0.39, 0.29) is 5.92 Å². The highest BCUT2D eigenvalue weighted by Crippen LogP contribution is 2.46. The second-order valence-electron chi connectivity index (χ2n) is 5.37. The first-order valence-electron chi connectivity index (χ1n) is 6.83. The van der Waals surface area contributed by atoms with E-state index >= 15 is 0 Å². The quantitative estimate of drug-likeness (QED) is 0.505. The van der Waals surface area contributed by atoms with E-state index in [1.54, 1.807) is 6.07 Å². The van der Waals surface area contributed by atoms with Crippen LogP contribution in [0, 0.1) is 6.92 Å². The maximum Gasteiger partial charge on any atom is 0.411 e. The van der Waals surface area contributed by atoms with E-state index in [2.05, 4.69) is 4.98 Å². The molecule has 0 radical (unpaired) electrons. The molecule has 1 aromatic heterocycles. The number of carbonyl (C=O) groups excluding carboxylic acids is 1. The predicted molar refractivity (Wildman–Crippen MR) is 83.2 cm³/mol. The molecule has 1 aliphatic heterocycles. The van der Waals surface area contributed by atoms with Crippen LogP contribution in [0.1, 0.15) is 24.0 Å². The lowest BCUT2D eigenvalue weighted by Gasteiger charge is -2.14. The number of H-pyrrole nitrogens is 1. The van der Waals surface area contributed by atoms with Crippen molar-refractivity contribution in [2.75, 3.05) is 17.3 Å². The van der Waals surface area contributed by atoms with Gasteiger partial charge in [-0.1, -0.05) is 0 Å². The van der Waals surface area contributed by atoms with Gasteiger partial charge in [-0.2, -0.15) is 0 Å². The summed E-state index contributed by atoms with van der Waals surface area (Å²) in [5.41, 5.74) is 3.07. The molecule has 0 fully saturated rings. The zero-order valence-corrected chi connectivity index (χ0v) is 12.9. The van der Waals surface area contributed by atoms with Gasteiger partial charge in [-0.15, -0.1) is 11.6 Å². The number of esters is 1. The lowest BCUT2D eigenvalue weighted by Crippen LogP contribution is -2.28. The highest BCUT2D eigenvalue weighted by atomic mass is 35.5. The molecule has 1 amide bonds. The zero-order chi connectivity index (χ0) is 16.0. The number of hydrogen-bond acceptors (Lipinski definition) is 3. The fraction of sp³-hybridized carbons (Fsp3) is 0.333. The molecule has 2 N–H and O–H groups in total. The average Bonchev–Trinajstić information content (AvgIpc) is 2.99. The summed E-state index contributed by atoms with van der Waals surface area (Å²) in [4.78, 5) is 27.1. The van der Waals surface area contributed by atoms with Crippen molar-refractivity contribution in [2.45, 2.75) is 19.8 Å². The summed E-state index contributed by atoms with van der Waals surface area (Å²) in [5, 5.41) is 10.3. The van der Waals surface area contributed by atoms with E-state index in [0.29, 0.717) is 29.4 Å². The summed E-state index contributed by atoms with van der Waals surface area (Å²) in [6.45, 7) is 3.54. The number of alkyl halides is 1. The van der Waals surface area contributed by atoms with Gasteiger partial charge in [-0.3, -0.25) is 9.69 Å². The highest BCUT2D eigenvalue weighted by molar-refractivity contribution is 6.19. The number of carbonyl (C=O) groups is 2. The van der Waals surface area contributed by atoms with Crippen molar-refractivity contribution >= 4 is 40.3 Å². The summed E-state index contributed by atoms with van der Waals surface area (Å²) >= 11 is 6.03. The van der Waals surface area contributed by atoms with Gasteiger partial charge in [0.15, 0.2) is 5.75 Å². The molecule has 116 valence electrons. The molecule has 2 heterocycles. The lowest BCUT2D eigenvalue weighted by atomic mass is 9.97. The molecule has 3 rings (SSSR count). The largest absolute Gasteiger partial charge is 0.465 e. The van der Waals surface area contributed by atoms with Crippen LogP contribution in [-0.4, -0.2) is 34.6 Å². The lowest BCUT2D eigenvalue weighted by molar-refractivity contribution is -0.131. The highest BCUT2D eigenvalue weighted by Gasteiger charge is 2.35. The summed E-state index contributed by atoms with van der Waals surface area (Å²) in [6.07, 6.45) is 0.766. The molecule has 6 nitrogen and oxygen atoms in total. The Labute approximate surface area is 131 Å². The number of fused-ring (bicyclic) bond motifs is 3. The molecular formula is C15H15ClN2O4.